The normalized spacial score (nSPS) is 16.8. The number of nitrogens with one attached hydrogen (secondary N) is 1. The number of thiophene rings is 1. The lowest BCUT2D eigenvalue weighted by Gasteiger charge is -2.25. The maximum Gasteiger partial charge on any atom is 0.304 e. The van der Waals surface area contributed by atoms with Crippen LogP contribution in [0.5, 0.6) is 0 Å². The third kappa shape index (κ3) is 4.02. The van der Waals surface area contributed by atoms with Gasteiger partial charge in [0.05, 0.1) is 17.2 Å². The average Bonchev–Trinajstić information content (AvgIpc) is 3.29. The maximum atomic E-state index is 11.7. The van der Waals surface area contributed by atoms with E-state index in [1.807, 2.05) is 12.1 Å². The summed E-state index contributed by atoms with van der Waals surface area (Å²) in [6, 6.07) is 4.75. The van der Waals surface area contributed by atoms with Crippen LogP contribution in [0, 0.1) is 10.1 Å². The Morgan fingerprint density at radius 2 is 2.16 bits per heavy atom. The molecule has 25 heavy (non-hydrogen) atoms. The van der Waals surface area contributed by atoms with E-state index in [0.717, 1.165) is 55.4 Å². The van der Waals surface area contributed by atoms with Crippen molar-refractivity contribution in [3.8, 4) is 0 Å². The number of likely N-dealkylation sites (tertiary alicyclic amines) is 1. The molecule has 3 heterocycles. The van der Waals surface area contributed by atoms with Crippen molar-refractivity contribution in [3.63, 3.8) is 0 Å². The molecule has 10 heteroatoms. The molecule has 2 aromatic rings. The van der Waals surface area contributed by atoms with Gasteiger partial charge < -0.3 is 9.73 Å². The molecule has 0 saturated carbocycles. The van der Waals surface area contributed by atoms with E-state index in [1.165, 1.54) is 0 Å². The fourth-order valence-corrected chi connectivity index (χ4v) is 4.88. The molecule has 136 valence electrons. The summed E-state index contributed by atoms with van der Waals surface area (Å²) in [6.45, 7) is 2.28. The number of sulfone groups is 1. The van der Waals surface area contributed by atoms with Crippen LogP contribution in [0.2, 0.25) is 0 Å². The van der Waals surface area contributed by atoms with Crippen LogP contribution in [-0.4, -0.2) is 44.1 Å². The monoisotopic (exact) mass is 385 g/mol. The van der Waals surface area contributed by atoms with Crippen LogP contribution in [0.3, 0.4) is 0 Å². The van der Waals surface area contributed by atoms with Crippen molar-refractivity contribution in [3.05, 3.63) is 40.3 Å². The van der Waals surface area contributed by atoms with E-state index in [9.17, 15) is 18.5 Å². The summed E-state index contributed by atoms with van der Waals surface area (Å²) in [5, 5.41) is 14.6. The van der Waals surface area contributed by atoms with Crippen molar-refractivity contribution < 1.29 is 17.8 Å². The van der Waals surface area contributed by atoms with E-state index < -0.39 is 14.8 Å². The lowest BCUT2D eigenvalue weighted by Crippen LogP contribution is -2.30. The molecule has 0 radical (unpaired) electrons. The van der Waals surface area contributed by atoms with Gasteiger partial charge in [0.25, 0.3) is 0 Å². The van der Waals surface area contributed by atoms with Gasteiger partial charge in [-0.2, -0.15) is 0 Å². The molecule has 1 aliphatic rings. The summed E-state index contributed by atoms with van der Waals surface area (Å²) in [7, 11) is -3.49. The standard InChI is InChI=1S/C15H19N3O5S2/c1-25(21,22)14-9-11(18(19)20)15(24-14)16-10-12(13-5-4-8-23-13)17-6-2-3-7-17/h4-5,8-9,12,16H,2-3,6-7,10H2,1H3. The largest absolute Gasteiger partial charge is 0.468 e. The van der Waals surface area contributed by atoms with Crippen molar-refractivity contribution in [1.82, 2.24) is 4.90 Å². The van der Waals surface area contributed by atoms with Crippen molar-refractivity contribution in [2.75, 3.05) is 31.2 Å². The molecule has 2 aromatic heterocycles. The molecule has 0 amide bonds. The van der Waals surface area contributed by atoms with Gasteiger partial charge in [0.2, 0.25) is 0 Å². The van der Waals surface area contributed by atoms with Gasteiger partial charge in [-0.3, -0.25) is 15.0 Å². The van der Waals surface area contributed by atoms with Crippen molar-refractivity contribution in [1.29, 1.82) is 0 Å². The van der Waals surface area contributed by atoms with Gasteiger partial charge >= 0.3 is 5.69 Å². The van der Waals surface area contributed by atoms with Crippen LogP contribution >= 0.6 is 11.3 Å². The second kappa shape index (κ2) is 7.14. The Morgan fingerprint density at radius 3 is 2.72 bits per heavy atom. The van der Waals surface area contributed by atoms with E-state index in [1.54, 1.807) is 6.26 Å². The molecule has 3 rings (SSSR count). The second-order valence-electron chi connectivity index (χ2n) is 5.96. The molecule has 0 bridgehead atoms. The van der Waals surface area contributed by atoms with Gasteiger partial charge in [-0.25, -0.2) is 8.42 Å². The lowest BCUT2D eigenvalue weighted by molar-refractivity contribution is -0.383. The van der Waals surface area contributed by atoms with Gasteiger partial charge in [-0.05, 0) is 38.1 Å². The zero-order valence-corrected chi connectivity index (χ0v) is 15.3. The average molecular weight is 385 g/mol. The fourth-order valence-electron chi connectivity index (χ4n) is 2.94. The van der Waals surface area contributed by atoms with E-state index in [0.29, 0.717) is 6.54 Å². The molecular weight excluding hydrogens is 366 g/mol. The number of nitro groups is 1. The predicted octanol–water partition coefficient (Wildman–Crippen LogP) is 2.90. The Morgan fingerprint density at radius 1 is 1.44 bits per heavy atom. The van der Waals surface area contributed by atoms with Gasteiger partial charge in [0, 0.05) is 18.9 Å². The van der Waals surface area contributed by atoms with Crippen molar-refractivity contribution in [2.24, 2.45) is 0 Å². The highest BCUT2D eigenvalue weighted by Gasteiger charge is 2.28. The molecule has 1 unspecified atom stereocenters. The molecular formula is C15H19N3O5S2. The number of rotatable bonds is 7. The smallest absolute Gasteiger partial charge is 0.304 e. The van der Waals surface area contributed by atoms with Gasteiger partial charge in [0.1, 0.15) is 9.97 Å². The highest BCUT2D eigenvalue weighted by atomic mass is 32.2. The van der Waals surface area contributed by atoms with Crippen LogP contribution < -0.4 is 5.32 Å². The summed E-state index contributed by atoms with van der Waals surface area (Å²) in [6.07, 6.45) is 4.86. The summed E-state index contributed by atoms with van der Waals surface area (Å²) in [5.41, 5.74) is -0.218. The first-order chi connectivity index (χ1) is 11.9. The Balaban J connectivity index is 1.83. The molecule has 8 nitrogen and oxygen atoms in total. The first kappa shape index (κ1) is 17.9. The summed E-state index contributed by atoms with van der Waals surface area (Å²) in [5.74, 6) is 0.789. The summed E-state index contributed by atoms with van der Waals surface area (Å²) in [4.78, 5) is 12.9. The molecule has 1 aliphatic heterocycles. The number of furan rings is 1. The predicted molar refractivity (Wildman–Crippen MR) is 94.8 cm³/mol. The molecule has 0 aliphatic carbocycles. The van der Waals surface area contributed by atoms with Crippen LogP contribution in [0.4, 0.5) is 10.7 Å². The third-order valence-electron chi connectivity index (χ3n) is 4.16. The molecule has 0 spiro atoms. The zero-order chi connectivity index (χ0) is 18.0. The number of hydrogen-bond acceptors (Lipinski definition) is 8. The molecule has 1 N–H and O–H groups in total. The minimum atomic E-state index is -3.49. The fraction of sp³-hybridized carbons (Fsp3) is 0.467. The van der Waals surface area contributed by atoms with Crippen molar-refractivity contribution >= 4 is 31.9 Å². The quantitative estimate of drug-likeness (QED) is 0.577. The van der Waals surface area contributed by atoms with Crippen LogP contribution in [0.25, 0.3) is 0 Å². The molecule has 1 atom stereocenters. The van der Waals surface area contributed by atoms with E-state index in [-0.39, 0.29) is 20.9 Å². The molecule has 0 aromatic carbocycles. The Labute approximate surface area is 149 Å². The van der Waals surface area contributed by atoms with Crippen LogP contribution in [0.1, 0.15) is 24.6 Å². The molecule has 1 saturated heterocycles. The number of nitrogens with zero attached hydrogens (tertiary/aromatic N) is 2. The Hall–Kier alpha value is -1.91. The van der Waals surface area contributed by atoms with Crippen molar-refractivity contribution in [2.45, 2.75) is 23.1 Å². The summed E-state index contributed by atoms with van der Waals surface area (Å²) >= 11 is 0.887. The SMILES string of the molecule is CS(=O)(=O)c1cc([N+](=O)[O-])c(NCC(c2ccco2)N2CCCC2)s1. The van der Waals surface area contributed by atoms with Gasteiger partial charge in [0.15, 0.2) is 14.8 Å². The van der Waals surface area contributed by atoms with Crippen LogP contribution in [-0.2, 0) is 9.84 Å². The highest BCUT2D eigenvalue weighted by molar-refractivity contribution is 7.92. The third-order valence-corrected chi connectivity index (χ3v) is 7.04. The Bertz CT molecular complexity index is 839. The lowest BCUT2D eigenvalue weighted by atomic mass is 10.2. The number of hydrogen-bond donors (Lipinski definition) is 1. The van der Waals surface area contributed by atoms with Gasteiger partial charge in [-0.1, -0.05) is 11.3 Å². The molecule has 1 fully saturated rings. The first-order valence-corrected chi connectivity index (χ1v) is 10.6. The summed E-state index contributed by atoms with van der Waals surface area (Å²) < 4.78 is 28.9. The minimum Gasteiger partial charge on any atom is -0.468 e. The zero-order valence-electron chi connectivity index (χ0n) is 13.7. The van der Waals surface area contributed by atoms with E-state index >= 15 is 0 Å². The Kier molecular flexibility index (Phi) is 5.11. The van der Waals surface area contributed by atoms with E-state index in [2.05, 4.69) is 10.2 Å². The topological polar surface area (TPSA) is 106 Å². The highest BCUT2D eigenvalue weighted by Crippen LogP contribution is 2.38. The minimum absolute atomic E-state index is 0.0163. The second-order valence-corrected chi connectivity index (χ2v) is 9.26. The van der Waals surface area contributed by atoms with E-state index in [4.69, 9.17) is 4.42 Å². The van der Waals surface area contributed by atoms with Gasteiger partial charge in [-0.15, -0.1) is 0 Å². The maximum absolute atomic E-state index is 11.7. The van der Waals surface area contributed by atoms with Crippen LogP contribution in [0.15, 0.2) is 33.1 Å². The number of anilines is 1. The first-order valence-electron chi connectivity index (χ1n) is 7.86.